The fourth-order valence-electron chi connectivity index (χ4n) is 2.77. The quantitative estimate of drug-likeness (QED) is 0.865. The van der Waals surface area contributed by atoms with Crippen molar-refractivity contribution in [1.82, 2.24) is 9.78 Å². The van der Waals surface area contributed by atoms with Gasteiger partial charge in [0.1, 0.15) is 5.82 Å². The van der Waals surface area contributed by atoms with Crippen molar-refractivity contribution >= 4 is 5.82 Å². The molecule has 1 aliphatic rings. The second kappa shape index (κ2) is 5.11. The lowest BCUT2D eigenvalue weighted by atomic mass is 9.80. The molecule has 3 atom stereocenters. The van der Waals surface area contributed by atoms with Crippen molar-refractivity contribution in [3.63, 3.8) is 0 Å². The van der Waals surface area contributed by atoms with Gasteiger partial charge in [0.15, 0.2) is 0 Å². The van der Waals surface area contributed by atoms with E-state index in [0.717, 1.165) is 17.7 Å². The Morgan fingerprint density at radius 1 is 1.35 bits per heavy atom. The lowest BCUT2D eigenvalue weighted by Crippen LogP contribution is -2.33. The van der Waals surface area contributed by atoms with Crippen LogP contribution in [0.1, 0.15) is 53.0 Å². The van der Waals surface area contributed by atoms with E-state index < -0.39 is 0 Å². The van der Waals surface area contributed by atoms with Gasteiger partial charge >= 0.3 is 0 Å². The first-order valence-electron chi connectivity index (χ1n) is 6.88. The molecule has 1 saturated carbocycles. The average Bonchev–Trinajstić information content (AvgIpc) is 2.71. The summed E-state index contributed by atoms with van der Waals surface area (Å²) in [4.78, 5) is 0. The standard InChI is InChI=1S/C14H25N3/c1-10(2)17-8-7-14(16-17)15-13-6-5-11(3)9-12(13)4/h7-8,10-13H,5-6,9H2,1-4H3,(H,15,16). The van der Waals surface area contributed by atoms with Crippen molar-refractivity contribution < 1.29 is 0 Å². The summed E-state index contributed by atoms with van der Waals surface area (Å²) in [7, 11) is 0. The van der Waals surface area contributed by atoms with Crippen LogP contribution in [-0.2, 0) is 0 Å². The van der Waals surface area contributed by atoms with E-state index in [1.807, 2.05) is 4.68 Å². The first kappa shape index (κ1) is 12.5. The number of nitrogens with zero attached hydrogens (tertiary/aromatic N) is 2. The summed E-state index contributed by atoms with van der Waals surface area (Å²) < 4.78 is 2.01. The normalized spacial score (nSPS) is 29.6. The Morgan fingerprint density at radius 3 is 2.71 bits per heavy atom. The molecular weight excluding hydrogens is 210 g/mol. The third kappa shape index (κ3) is 3.02. The Labute approximate surface area is 105 Å². The smallest absolute Gasteiger partial charge is 0.148 e. The molecule has 0 aliphatic heterocycles. The van der Waals surface area contributed by atoms with Gasteiger partial charge in [0.05, 0.1) is 0 Å². The highest BCUT2D eigenvalue weighted by molar-refractivity contribution is 5.34. The summed E-state index contributed by atoms with van der Waals surface area (Å²) in [6.07, 6.45) is 6.01. The van der Waals surface area contributed by atoms with Gasteiger partial charge in [-0.2, -0.15) is 5.10 Å². The van der Waals surface area contributed by atoms with Gasteiger partial charge in [-0.15, -0.1) is 0 Å². The van der Waals surface area contributed by atoms with Gasteiger partial charge in [0.2, 0.25) is 0 Å². The van der Waals surface area contributed by atoms with E-state index in [2.05, 4.69) is 50.4 Å². The summed E-state index contributed by atoms with van der Waals surface area (Å²) in [5.74, 6) is 2.67. The van der Waals surface area contributed by atoms with Crippen LogP contribution in [0.5, 0.6) is 0 Å². The molecular formula is C14H25N3. The number of nitrogens with one attached hydrogen (secondary N) is 1. The number of aromatic nitrogens is 2. The number of rotatable bonds is 3. The molecule has 2 rings (SSSR count). The van der Waals surface area contributed by atoms with Crippen LogP contribution in [-0.4, -0.2) is 15.8 Å². The van der Waals surface area contributed by atoms with Crippen molar-refractivity contribution in [2.24, 2.45) is 11.8 Å². The van der Waals surface area contributed by atoms with Crippen LogP contribution in [0.25, 0.3) is 0 Å². The van der Waals surface area contributed by atoms with E-state index in [1.54, 1.807) is 0 Å². The number of anilines is 1. The van der Waals surface area contributed by atoms with Crippen molar-refractivity contribution in [3.05, 3.63) is 12.3 Å². The molecule has 1 aromatic heterocycles. The molecule has 1 fully saturated rings. The van der Waals surface area contributed by atoms with Crippen LogP contribution in [0, 0.1) is 11.8 Å². The van der Waals surface area contributed by atoms with Crippen LogP contribution in [0.4, 0.5) is 5.82 Å². The minimum Gasteiger partial charge on any atom is -0.366 e. The average molecular weight is 235 g/mol. The van der Waals surface area contributed by atoms with Gasteiger partial charge in [-0.05, 0) is 44.9 Å². The lowest BCUT2D eigenvalue weighted by Gasteiger charge is -2.33. The SMILES string of the molecule is CC1CCC(Nc2ccn(C(C)C)n2)C(C)C1. The number of hydrogen-bond donors (Lipinski definition) is 1. The van der Waals surface area contributed by atoms with Crippen LogP contribution in [0.3, 0.4) is 0 Å². The maximum Gasteiger partial charge on any atom is 0.148 e. The van der Waals surface area contributed by atoms with Crippen LogP contribution < -0.4 is 5.32 Å². The molecule has 0 spiro atoms. The van der Waals surface area contributed by atoms with E-state index in [0.29, 0.717) is 12.1 Å². The maximum atomic E-state index is 4.56. The van der Waals surface area contributed by atoms with E-state index >= 15 is 0 Å². The van der Waals surface area contributed by atoms with Crippen molar-refractivity contribution in [2.75, 3.05) is 5.32 Å². The molecule has 1 N–H and O–H groups in total. The van der Waals surface area contributed by atoms with E-state index in [-0.39, 0.29) is 0 Å². The molecule has 96 valence electrons. The Morgan fingerprint density at radius 2 is 2.12 bits per heavy atom. The Hall–Kier alpha value is -0.990. The molecule has 0 aromatic carbocycles. The highest BCUT2D eigenvalue weighted by Crippen LogP contribution is 2.30. The fraction of sp³-hybridized carbons (Fsp3) is 0.786. The molecule has 3 unspecified atom stereocenters. The van der Waals surface area contributed by atoms with Crippen molar-refractivity contribution in [3.8, 4) is 0 Å². The predicted molar refractivity (Wildman–Crippen MR) is 72.2 cm³/mol. The zero-order valence-electron chi connectivity index (χ0n) is 11.5. The molecule has 1 aromatic rings. The van der Waals surface area contributed by atoms with E-state index in [9.17, 15) is 0 Å². The monoisotopic (exact) mass is 235 g/mol. The zero-order chi connectivity index (χ0) is 12.4. The lowest BCUT2D eigenvalue weighted by molar-refractivity contribution is 0.276. The third-order valence-corrected chi connectivity index (χ3v) is 3.90. The van der Waals surface area contributed by atoms with Gasteiger partial charge in [-0.25, -0.2) is 0 Å². The van der Waals surface area contributed by atoms with Crippen LogP contribution >= 0.6 is 0 Å². The fourth-order valence-corrected chi connectivity index (χ4v) is 2.77. The second-order valence-corrected chi connectivity index (χ2v) is 5.92. The molecule has 17 heavy (non-hydrogen) atoms. The summed E-state index contributed by atoms with van der Waals surface area (Å²) in [6, 6.07) is 3.13. The zero-order valence-corrected chi connectivity index (χ0v) is 11.5. The van der Waals surface area contributed by atoms with E-state index in [1.165, 1.54) is 19.3 Å². The molecule has 3 heteroatoms. The molecule has 0 bridgehead atoms. The van der Waals surface area contributed by atoms with Crippen LogP contribution in [0.2, 0.25) is 0 Å². The molecule has 1 heterocycles. The summed E-state index contributed by atoms with van der Waals surface area (Å²) in [5.41, 5.74) is 0. The second-order valence-electron chi connectivity index (χ2n) is 5.92. The minimum absolute atomic E-state index is 0.439. The van der Waals surface area contributed by atoms with Gasteiger partial charge in [0.25, 0.3) is 0 Å². The van der Waals surface area contributed by atoms with Gasteiger partial charge in [0, 0.05) is 24.3 Å². The highest BCUT2D eigenvalue weighted by atomic mass is 15.3. The first-order valence-corrected chi connectivity index (χ1v) is 6.88. The summed E-state index contributed by atoms with van der Waals surface area (Å²) in [6.45, 7) is 9.02. The molecule has 0 amide bonds. The van der Waals surface area contributed by atoms with Crippen molar-refractivity contribution in [2.45, 2.75) is 59.0 Å². The maximum absolute atomic E-state index is 4.56. The summed E-state index contributed by atoms with van der Waals surface area (Å²) in [5, 5.41) is 8.16. The summed E-state index contributed by atoms with van der Waals surface area (Å²) >= 11 is 0. The molecule has 3 nitrogen and oxygen atoms in total. The predicted octanol–water partition coefficient (Wildman–Crippen LogP) is 3.70. The molecule has 0 radical (unpaired) electrons. The third-order valence-electron chi connectivity index (χ3n) is 3.90. The highest BCUT2D eigenvalue weighted by Gasteiger charge is 2.25. The molecule has 0 saturated heterocycles. The van der Waals surface area contributed by atoms with Gasteiger partial charge < -0.3 is 5.32 Å². The minimum atomic E-state index is 0.439. The van der Waals surface area contributed by atoms with E-state index in [4.69, 9.17) is 0 Å². The first-order chi connectivity index (χ1) is 8.06. The Balaban J connectivity index is 1.95. The molecule has 1 aliphatic carbocycles. The van der Waals surface area contributed by atoms with Crippen molar-refractivity contribution in [1.29, 1.82) is 0 Å². The largest absolute Gasteiger partial charge is 0.366 e. The van der Waals surface area contributed by atoms with Crippen LogP contribution in [0.15, 0.2) is 12.3 Å². The number of hydrogen-bond acceptors (Lipinski definition) is 2. The Bertz CT molecular complexity index is 356. The Kier molecular flexibility index (Phi) is 3.75. The van der Waals surface area contributed by atoms with Gasteiger partial charge in [-0.3, -0.25) is 4.68 Å². The topological polar surface area (TPSA) is 29.9 Å². The van der Waals surface area contributed by atoms with Gasteiger partial charge in [-0.1, -0.05) is 13.8 Å².